The maximum Gasteiger partial charge on any atom is 0.0715 e. The van der Waals surface area contributed by atoms with Crippen molar-refractivity contribution in [3.8, 4) is 0 Å². The predicted octanol–water partition coefficient (Wildman–Crippen LogP) is 2.68. The third kappa shape index (κ3) is 2.09. The van der Waals surface area contributed by atoms with Crippen molar-refractivity contribution in [1.29, 1.82) is 0 Å². The molecule has 1 rings (SSSR count). The lowest BCUT2D eigenvalue weighted by Gasteiger charge is -2.12. The maximum absolute atomic E-state index is 5.40. The van der Waals surface area contributed by atoms with Gasteiger partial charge in [-0.2, -0.15) is 0 Å². The van der Waals surface area contributed by atoms with E-state index in [0.29, 0.717) is 11.6 Å². The number of hydrazine groups is 1. The number of rotatable bonds is 4. The molecule has 1 aliphatic heterocycles. The Morgan fingerprint density at radius 2 is 2.19 bits per heavy atom. The van der Waals surface area contributed by atoms with Gasteiger partial charge < -0.3 is 5.43 Å². The molecular formula is C13H21N3. The van der Waals surface area contributed by atoms with Crippen LogP contribution in [-0.2, 0) is 0 Å². The molecule has 0 saturated heterocycles. The lowest BCUT2D eigenvalue weighted by Crippen LogP contribution is -2.22. The smallest absolute Gasteiger partial charge is 0.0715 e. The van der Waals surface area contributed by atoms with Crippen LogP contribution < -0.4 is 11.3 Å². The average molecular weight is 219 g/mol. The van der Waals surface area contributed by atoms with Crippen molar-refractivity contribution < 1.29 is 0 Å². The summed E-state index contributed by atoms with van der Waals surface area (Å²) >= 11 is 0. The topological polar surface area (TPSA) is 50.4 Å². The summed E-state index contributed by atoms with van der Waals surface area (Å²) in [6, 6.07) is 0. The molecule has 1 atom stereocenters. The standard InChI is InChI=1S/C13H21N3/c1-6-11-8(3)13(15-9(11)4)12(7-2)10(5)16-14/h7,11,16H,5-6,14H2,1-4H3/b12-7-. The number of nitrogens with two attached hydrogens (primary N) is 1. The molecule has 0 aromatic rings. The molecule has 1 unspecified atom stereocenters. The van der Waals surface area contributed by atoms with Crippen molar-refractivity contribution in [1.82, 2.24) is 5.43 Å². The fraction of sp³-hybridized carbons (Fsp3) is 0.462. The highest BCUT2D eigenvalue weighted by Gasteiger charge is 2.24. The van der Waals surface area contributed by atoms with Gasteiger partial charge in [0.15, 0.2) is 0 Å². The Balaban J connectivity index is 3.14. The number of aliphatic imine (C=N–C) groups is 1. The minimum absolute atomic E-state index is 0.468. The van der Waals surface area contributed by atoms with E-state index in [0.717, 1.165) is 17.7 Å². The third-order valence-corrected chi connectivity index (χ3v) is 3.14. The minimum atomic E-state index is 0.468. The lowest BCUT2D eigenvalue weighted by molar-refractivity contribution is 0.774. The molecule has 16 heavy (non-hydrogen) atoms. The molecule has 0 fully saturated rings. The zero-order valence-corrected chi connectivity index (χ0v) is 10.6. The summed E-state index contributed by atoms with van der Waals surface area (Å²) in [5.74, 6) is 5.87. The van der Waals surface area contributed by atoms with Crippen LogP contribution in [0, 0.1) is 5.92 Å². The first-order valence-corrected chi connectivity index (χ1v) is 5.65. The predicted molar refractivity (Wildman–Crippen MR) is 69.8 cm³/mol. The molecule has 1 aliphatic rings. The molecule has 0 radical (unpaired) electrons. The van der Waals surface area contributed by atoms with Crippen molar-refractivity contribution >= 4 is 5.71 Å². The van der Waals surface area contributed by atoms with Crippen molar-refractivity contribution in [3.63, 3.8) is 0 Å². The van der Waals surface area contributed by atoms with Crippen LogP contribution in [0.1, 0.15) is 34.1 Å². The number of hydrogen-bond donors (Lipinski definition) is 2. The van der Waals surface area contributed by atoms with Crippen LogP contribution >= 0.6 is 0 Å². The highest BCUT2D eigenvalue weighted by Crippen LogP contribution is 2.33. The van der Waals surface area contributed by atoms with E-state index in [9.17, 15) is 0 Å². The number of allylic oxidation sites excluding steroid dienone is 2. The Labute approximate surface area is 97.8 Å². The third-order valence-electron chi connectivity index (χ3n) is 3.14. The Bertz CT molecular complexity index is 386. The van der Waals surface area contributed by atoms with Gasteiger partial charge in [-0.05, 0) is 32.8 Å². The van der Waals surface area contributed by atoms with Gasteiger partial charge >= 0.3 is 0 Å². The zero-order chi connectivity index (χ0) is 12.3. The van der Waals surface area contributed by atoms with E-state index in [1.807, 2.05) is 13.0 Å². The van der Waals surface area contributed by atoms with Gasteiger partial charge in [-0.25, -0.2) is 0 Å². The Kier molecular flexibility index (Phi) is 4.07. The van der Waals surface area contributed by atoms with Gasteiger partial charge in [0.05, 0.1) is 11.4 Å². The first-order chi connectivity index (χ1) is 7.56. The SMILES string of the molecule is C=C(NN)/C(=C/C)C1=C(C)C(CC)C(C)=N1. The van der Waals surface area contributed by atoms with Crippen LogP contribution in [0.25, 0.3) is 0 Å². The van der Waals surface area contributed by atoms with E-state index < -0.39 is 0 Å². The monoisotopic (exact) mass is 219 g/mol. The minimum Gasteiger partial charge on any atom is -0.324 e. The highest BCUT2D eigenvalue weighted by molar-refractivity contribution is 5.91. The first-order valence-electron chi connectivity index (χ1n) is 5.65. The fourth-order valence-corrected chi connectivity index (χ4v) is 2.23. The van der Waals surface area contributed by atoms with E-state index in [2.05, 4.69) is 37.8 Å². The quantitative estimate of drug-likeness (QED) is 0.434. The summed E-state index contributed by atoms with van der Waals surface area (Å²) in [7, 11) is 0. The van der Waals surface area contributed by atoms with Gasteiger partial charge in [-0.3, -0.25) is 10.8 Å². The van der Waals surface area contributed by atoms with Crippen molar-refractivity contribution in [2.24, 2.45) is 16.8 Å². The summed E-state index contributed by atoms with van der Waals surface area (Å²) in [5, 5.41) is 0. The van der Waals surface area contributed by atoms with Crippen LogP contribution in [0.5, 0.6) is 0 Å². The molecule has 3 nitrogen and oxygen atoms in total. The van der Waals surface area contributed by atoms with Gasteiger partial charge in [-0.1, -0.05) is 19.6 Å². The number of nitrogens with zero attached hydrogens (tertiary/aromatic N) is 1. The molecule has 0 aromatic heterocycles. The second-order valence-electron chi connectivity index (χ2n) is 4.07. The maximum atomic E-state index is 5.40. The van der Waals surface area contributed by atoms with Gasteiger partial charge in [0.25, 0.3) is 0 Å². The first kappa shape index (κ1) is 12.7. The average Bonchev–Trinajstić information content (AvgIpc) is 2.55. The summed E-state index contributed by atoms with van der Waals surface area (Å²) in [6.07, 6.45) is 3.08. The normalized spacial score (nSPS) is 21.2. The molecule has 0 aliphatic carbocycles. The van der Waals surface area contributed by atoms with Crippen LogP contribution in [0.4, 0.5) is 0 Å². The molecule has 0 bridgehead atoms. The highest BCUT2D eigenvalue weighted by atomic mass is 15.2. The van der Waals surface area contributed by atoms with Crippen LogP contribution in [0.2, 0.25) is 0 Å². The zero-order valence-electron chi connectivity index (χ0n) is 10.6. The van der Waals surface area contributed by atoms with Crippen molar-refractivity contribution in [3.05, 3.63) is 35.2 Å². The van der Waals surface area contributed by atoms with E-state index in [1.165, 1.54) is 11.3 Å². The van der Waals surface area contributed by atoms with Crippen LogP contribution in [0.3, 0.4) is 0 Å². The Hall–Kier alpha value is -1.35. The molecule has 1 heterocycles. The Morgan fingerprint density at radius 1 is 1.56 bits per heavy atom. The van der Waals surface area contributed by atoms with E-state index in [1.54, 1.807) is 0 Å². The second kappa shape index (κ2) is 5.12. The van der Waals surface area contributed by atoms with Gasteiger partial charge in [-0.15, -0.1) is 0 Å². The van der Waals surface area contributed by atoms with Crippen molar-refractivity contribution in [2.75, 3.05) is 0 Å². The second-order valence-corrected chi connectivity index (χ2v) is 4.07. The Morgan fingerprint density at radius 3 is 2.56 bits per heavy atom. The molecule has 0 aromatic carbocycles. The van der Waals surface area contributed by atoms with Gasteiger partial charge in [0.1, 0.15) is 0 Å². The summed E-state index contributed by atoms with van der Waals surface area (Å²) in [6.45, 7) is 12.3. The van der Waals surface area contributed by atoms with Crippen LogP contribution in [-0.4, -0.2) is 5.71 Å². The van der Waals surface area contributed by atoms with Crippen LogP contribution in [0.15, 0.2) is 40.2 Å². The largest absolute Gasteiger partial charge is 0.324 e. The van der Waals surface area contributed by atoms with E-state index in [4.69, 9.17) is 5.84 Å². The lowest BCUT2D eigenvalue weighted by atomic mass is 9.93. The van der Waals surface area contributed by atoms with Gasteiger partial charge in [0, 0.05) is 17.2 Å². The number of hydrogen-bond acceptors (Lipinski definition) is 3. The summed E-state index contributed by atoms with van der Waals surface area (Å²) in [4.78, 5) is 4.63. The molecular weight excluding hydrogens is 198 g/mol. The van der Waals surface area contributed by atoms with E-state index in [-0.39, 0.29) is 0 Å². The summed E-state index contributed by atoms with van der Waals surface area (Å²) < 4.78 is 0. The van der Waals surface area contributed by atoms with E-state index >= 15 is 0 Å². The fourth-order valence-electron chi connectivity index (χ4n) is 2.23. The summed E-state index contributed by atoms with van der Waals surface area (Å²) in [5.41, 5.74) is 7.82. The van der Waals surface area contributed by atoms with Crippen molar-refractivity contribution in [2.45, 2.75) is 34.1 Å². The molecule has 88 valence electrons. The molecule has 3 heteroatoms. The molecule has 3 N–H and O–H groups in total. The molecule has 0 spiro atoms. The molecule has 0 amide bonds. The molecule has 0 saturated carbocycles. The number of nitrogens with one attached hydrogen (secondary N) is 1. The van der Waals surface area contributed by atoms with Gasteiger partial charge in [0.2, 0.25) is 0 Å².